The van der Waals surface area contributed by atoms with Crippen LogP contribution in [-0.4, -0.2) is 53.4 Å². The van der Waals surface area contributed by atoms with E-state index in [-0.39, 0.29) is 11.9 Å². The Morgan fingerprint density at radius 3 is 2.57 bits per heavy atom. The summed E-state index contributed by atoms with van der Waals surface area (Å²) in [5, 5.41) is 7.56. The zero-order valence-electron chi connectivity index (χ0n) is 17.5. The summed E-state index contributed by atoms with van der Waals surface area (Å²) in [6.45, 7) is 8.25. The number of aromatic nitrogens is 2. The second kappa shape index (κ2) is 9.28. The molecule has 0 aliphatic carbocycles. The van der Waals surface area contributed by atoms with Crippen molar-refractivity contribution >= 4 is 5.91 Å². The fraction of sp³-hybridized carbons (Fsp3) is 0.391. The van der Waals surface area contributed by atoms with E-state index in [0.717, 1.165) is 35.8 Å². The van der Waals surface area contributed by atoms with Crippen molar-refractivity contribution in [2.45, 2.75) is 26.4 Å². The fourth-order valence-corrected chi connectivity index (χ4v) is 3.84. The van der Waals surface area contributed by atoms with E-state index in [9.17, 15) is 4.79 Å². The van der Waals surface area contributed by atoms with Gasteiger partial charge in [0.15, 0.2) is 0 Å². The highest BCUT2D eigenvalue weighted by Gasteiger charge is 2.25. The molecule has 158 valence electrons. The van der Waals surface area contributed by atoms with Crippen LogP contribution in [0.2, 0.25) is 0 Å². The van der Waals surface area contributed by atoms with Crippen LogP contribution >= 0.6 is 0 Å². The molecule has 3 heterocycles. The minimum absolute atomic E-state index is 0.00171. The number of carbonyl (C=O) groups excluding carboxylic acids is 1. The van der Waals surface area contributed by atoms with Crippen LogP contribution < -0.4 is 5.32 Å². The van der Waals surface area contributed by atoms with E-state index in [1.54, 1.807) is 6.26 Å². The highest BCUT2D eigenvalue weighted by atomic mass is 16.5. The van der Waals surface area contributed by atoms with Crippen LogP contribution in [0, 0.1) is 13.8 Å². The molecule has 1 saturated heterocycles. The monoisotopic (exact) mass is 408 g/mol. The predicted molar refractivity (Wildman–Crippen MR) is 113 cm³/mol. The first-order chi connectivity index (χ1) is 14.6. The van der Waals surface area contributed by atoms with Crippen LogP contribution in [-0.2, 0) is 11.3 Å². The summed E-state index contributed by atoms with van der Waals surface area (Å²) in [5.74, 6) is 0.773. The van der Waals surface area contributed by atoms with E-state index in [4.69, 9.17) is 9.15 Å². The molecule has 1 amide bonds. The summed E-state index contributed by atoms with van der Waals surface area (Å²) < 4.78 is 13.1. The molecule has 1 unspecified atom stereocenters. The van der Waals surface area contributed by atoms with Crippen molar-refractivity contribution in [3.05, 3.63) is 77.0 Å². The van der Waals surface area contributed by atoms with Crippen molar-refractivity contribution in [2.75, 3.05) is 32.8 Å². The molecule has 1 aliphatic heterocycles. The van der Waals surface area contributed by atoms with Gasteiger partial charge in [0.1, 0.15) is 5.76 Å². The Bertz CT molecular complexity index is 957. The Morgan fingerprint density at radius 1 is 1.17 bits per heavy atom. The molecule has 7 heteroatoms. The Labute approximate surface area is 176 Å². The first-order valence-corrected chi connectivity index (χ1v) is 10.3. The smallest absolute Gasteiger partial charge is 0.251 e. The van der Waals surface area contributed by atoms with Crippen LogP contribution in [0.5, 0.6) is 0 Å². The molecule has 1 fully saturated rings. The van der Waals surface area contributed by atoms with Gasteiger partial charge in [-0.3, -0.25) is 14.4 Å². The van der Waals surface area contributed by atoms with Crippen LogP contribution in [0.15, 0.2) is 53.1 Å². The van der Waals surface area contributed by atoms with Crippen molar-refractivity contribution in [1.82, 2.24) is 20.0 Å². The lowest BCUT2D eigenvalue weighted by atomic mass is 10.1. The number of hydrogen-bond acceptors (Lipinski definition) is 5. The highest BCUT2D eigenvalue weighted by molar-refractivity contribution is 5.94. The number of benzene rings is 1. The van der Waals surface area contributed by atoms with E-state index >= 15 is 0 Å². The number of amides is 1. The van der Waals surface area contributed by atoms with Crippen molar-refractivity contribution in [3.63, 3.8) is 0 Å². The van der Waals surface area contributed by atoms with Crippen LogP contribution in [0.4, 0.5) is 0 Å². The van der Waals surface area contributed by atoms with Gasteiger partial charge < -0.3 is 14.5 Å². The maximum absolute atomic E-state index is 12.7. The molecule has 30 heavy (non-hydrogen) atoms. The lowest BCUT2D eigenvalue weighted by molar-refractivity contribution is 0.0118. The summed E-state index contributed by atoms with van der Waals surface area (Å²) in [4.78, 5) is 15.0. The molecule has 3 aromatic rings. The van der Waals surface area contributed by atoms with Gasteiger partial charge in [-0.25, -0.2) is 0 Å². The molecule has 0 radical (unpaired) electrons. The number of nitrogens with one attached hydrogen (secondary N) is 1. The van der Waals surface area contributed by atoms with E-state index < -0.39 is 0 Å². The summed E-state index contributed by atoms with van der Waals surface area (Å²) in [7, 11) is 0. The number of carbonyl (C=O) groups is 1. The third-order valence-electron chi connectivity index (χ3n) is 5.47. The van der Waals surface area contributed by atoms with Gasteiger partial charge in [-0.05, 0) is 49.7 Å². The van der Waals surface area contributed by atoms with Crippen LogP contribution in [0.1, 0.15) is 39.1 Å². The van der Waals surface area contributed by atoms with Gasteiger partial charge in [-0.15, -0.1) is 0 Å². The van der Waals surface area contributed by atoms with E-state index in [1.165, 1.54) is 0 Å². The lowest BCUT2D eigenvalue weighted by Gasteiger charge is -2.33. The highest BCUT2D eigenvalue weighted by Crippen LogP contribution is 2.22. The van der Waals surface area contributed by atoms with Crippen molar-refractivity contribution in [2.24, 2.45) is 0 Å². The van der Waals surface area contributed by atoms with Gasteiger partial charge in [-0.2, -0.15) is 5.10 Å². The summed E-state index contributed by atoms with van der Waals surface area (Å²) >= 11 is 0. The Balaban J connectivity index is 1.38. The zero-order chi connectivity index (χ0) is 20.9. The number of aryl methyl sites for hydroxylation is 2. The van der Waals surface area contributed by atoms with E-state index in [0.29, 0.717) is 31.9 Å². The number of hydrogen-bond donors (Lipinski definition) is 1. The maximum atomic E-state index is 12.7. The maximum Gasteiger partial charge on any atom is 0.251 e. The van der Waals surface area contributed by atoms with Gasteiger partial charge in [0, 0.05) is 30.9 Å². The van der Waals surface area contributed by atoms with Crippen molar-refractivity contribution in [1.29, 1.82) is 0 Å². The molecule has 0 saturated carbocycles. The summed E-state index contributed by atoms with van der Waals surface area (Å²) in [5.41, 5.74) is 3.89. The molecule has 1 N–H and O–H groups in total. The van der Waals surface area contributed by atoms with Crippen molar-refractivity contribution in [3.8, 4) is 0 Å². The largest absolute Gasteiger partial charge is 0.468 e. The topological polar surface area (TPSA) is 72.5 Å². The Hall–Kier alpha value is -2.90. The van der Waals surface area contributed by atoms with Crippen LogP contribution in [0.3, 0.4) is 0 Å². The third-order valence-corrected chi connectivity index (χ3v) is 5.47. The number of furan rings is 1. The number of morpholine rings is 1. The number of rotatable bonds is 7. The van der Waals surface area contributed by atoms with E-state index in [2.05, 4.69) is 21.4 Å². The van der Waals surface area contributed by atoms with Gasteiger partial charge in [-0.1, -0.05) is 12.1 Å². The first kappa shape index (κ1) is 20.4. The molecule has 1 aromatic carbocycles. The number of nitrogens with zero attached hydrogens (tertiary/aromatic N) is 3. The molecule has 1 aliphatic rings. The second-order valence-corrected chi connectivity index (χ2v) is 7.67. The minimum atomic E-state index is -0.0857. The average Bonchev–Trinajstić information content (AvgIpc) is 3.39. The molecule has 4 rings (SSSR count). The van der Waals surface area contributed by atoms with Crippen molar-refractivity contribution < 1.29 is 13.9 Å². The van der Waals surface area contributed by atoms with E-state index in [1.807, 2.05) is 54.9 Å². The molecule has 0 bridgehead atoms. The quantitative estimate of drug-likeness (QED) is 0.651. The molecule has 2 aromatic heterocycles. The first-order valence-electron chi connectivity index (χ1n) is 10.3. The third kappa shape index (κ3) is 4.80. The van der Waals surface area contributed by atoms with Gasteiger partial charge >= 0.3 is 0 Å². The number of ether oxygens (including phenoxy) is 1. The molecular formula is C23H28N4O3. The fourth-order valence-electron chi connectivity index (χ4n) is 3.84. The minimum Gasteiger partial charge on any atom is -0.468 e. The van der Waals surface area contributed by atoms with Gasteiger partial charge in [0.2, 0.25) is 0 Å². The van der Waals surface area contributed by atoms with Gasteiger partial charge in [0.05, 0.1) is 37.8 Å². The SMILES string of the molecule is Cc1cc(C)n(Cc2ccc(C(=O)NCC(c3ccco3)N3CCOCC3)cc2)n1. The standard InChI is InChI=1S/C23H28N4O3/c1-17-14-18(2)27(25-17)16-19-5-7-20(8-6-19)23(28)24-15-21(22-4-3-11-30-22)26-9-12-29-13-10-26/h3-8,11,14,21H,9-10,12-13,15-16H2,1-2H3,(H,24,28). The molecular weight excluding hydrogens is 380 g/mol. The van der Waals surface area contributed by atoms with Gasteiger partial charge in [0.25, 0.3) is 5.91 Å². The summed E-state index contributed by atoms with van der Waals surface area (Å²) in [6, 6.07) is 13.6. The molecule has 0 spiro atoms. The normalized spacial score (nSPS) is 15.8. The molecule has 7 nitrogen and oxygen atoms in total. The Morgan fingerprint density at radius 2 is 1.93 bits per heavy atom. The second-order valence-electron chi connectivity index (χ2n) is 7.67. The lowest BCUT2D eigenvalue weighted by Crippen LogP contribution is -2.43. The molecule has 1 atom stereocenters. The van der Waals surface area contributed by atoms with Crippen LogP contribution in [0.25, 0.3) is 0 Å². The predicted octanol–water partition coefficient (Wildman–Crippen LogP) is 2.94. The average molecular weight is 409 g/mol. The summed E-state index contributed by atoms with van der Waals surface area (Å²) in [6.07, 6.45) is 1.67. The zero-order valence-corrected chi connectivity index (χ0v) is 17.5. The Kier molecular flexibility index (Phi) is 6.30.